The SMILES string of the molecule is c1ccc(-c2ccc(N(c3ccccc3)c3cccc4oc5cc(-c6nc(-c7ccccc7)nc7ccccc67)ccc5c34)cc2)cc1. The Morgan fingerprint density at radius 3 is 1.81 bits per heavy atom. The Morgan fingerprint density at radius 1 is 0.417 bits per heavy atom. The fourth-order valence-corrected chi connectivity index (χ4v) is 6.59. The van der Waals surface area contributed by atoms with Crippen LogP contribution in [0.5, 0.6) is 0 Å². The zero-order chi connectivity index (χ0) is 31.9. The van der Waals surface area contributed by atoms with E-state index in [2.05, 4.69) is 120 Å². The van der Waals surface area contributed by atoms with E-state index < -0.39 is 0 Å². The van der Waals surface area contributed by atoms with Crippen LogP contribution in [0.2, 0.25) is 0 Å². The maximum atomic E-state index is 6.61. The summed E-state index contributed by atoms with van der Waals surface area (Å²) in [5, 5.41) is 3.11. The second kappa shape index (κ2) is 11.7. The molecule has 0 N–H and O–H groups in total. The number of hydrogen-bond acceptors (Lipinski definition) is 4. The first-order valence-corrected chi connectivity index (χ1v) is 16.1. The molecule has 4 heteroatoms. The van der Waals surface area contributed by atoms with Gasteiger partial charge in [0.25, 0.3) is 0 Å². The number of rotatable bonds is 6. The average molecular weight is 616 g/mol. The predicted molar refractivity (Wildman–Crippen MR) is 198 cm³/mol. The quantitative estimate of drug-likeness (QED) is 0.187. The summed E-state index contributed by atoms with van der Waals surface area (Å²) in [6.07, 6.45) is 0. The third-order valence-electron chi connectivity index (χ3n) is 8.87. The van der Waals surface area contributed by atoms with Gasteiger partial charge in [-0.2, -0.15) is 0 Å². The molecule has 0 aliphatic carbocycles. The van der Waals surface area contributed by atoms with Crippen molar-refractivity contribution in [1.82, 2.24) is 9.97 Å². The molecule has 4 nitrogen and oxygen atoms in total. The molecule has 0 radical (unpaired) electrons. The van der Waals surface area contributed by atoms with Gasteiger partial charge in [-0.3, -0.25) is 0 Å². The molecule has 0 fully saturated rings. The van der Waals surface area contributed by atoms with E-state index in [0.29, 0.717) is 5.82 Å². The van der Waals surface area contributed by atoms with Crippen molar-refractivity contribution in [2.24, 2.45) is 0 Å². The second-order valence-corrected chi connectivity index (χ2v) is 11.8. The normalized spacial score (nSPS) is 11.3. The van der Waals surface area contributed by atoms with Crippen LogP contribution in [0.4, 0.5) is 17.1 Å². The van der Waals surface area contributed by atoms with Gasteiger partial charge < -0.3 is 9.32 Å². The van der Waals surface area contributed by atoms with Crippen molar-refractivity contribution >= 4 is 49.9 Å². The number of hydrogen-bond donors (Lipinski definition) is 0. The number of para-hydroxylation sites is 2. The van der Waals surface area contributed by atoms with Crippen LogP contribution in [0.3, 0.4) is 0 Å². The van der Waals surface area contributed by atoms with Gasteiger partial charge in [-0.1, -0.05) is 121 Å². The smallest absolute Gasteiger partial charge is 0.160 e. The molecule has 0 amide bonds. The Kier molecular flexibility index (Phi) is 6.76. The van der Waals surface area contributed by atoms with Gasteiger partial charge in [0.15, 0.2) is 5.82 Å². The van der Waals surface area contributed by atoms with Crippen LogP contribution in [0, 0.1) is 0 Å². The molecule has 226 valence electrons. The van der Waals surface area contributed by atoms with Crippen molar-refractivity contribution < 1.29 is 4.42 Å². The third-order valence-corrected chi connectivity index (χ3v) is 8.87. The van der Waals surface area contributed by atoms with Crippen molar-refractivity contribution in [3.8, 4) is 33.8 Å². The highest BCUT2D eigenvalue weighted by Crippen LogP contribution is 2.44. The highest BCUT2D eigenvalue weighted by atomic mass is 16.3. The van der Waals surface area contributed by atoms with E-state index >= 15 is 0 Å². The number of anilines is 3. The fraction of sp³-hybridized carbons (Fsp3) is 0. The monoisotopic (exact) mass is 615 g/mol. The van der Waals surface area contributed by atoms with Crippen molar-refractivity contribution in [3.63, 3.8) is 0 Å². The maximum absolute atomic E-state index is 6.61. The lowest BCUT2D eigenvalue weighted by molar-refractivity contribution is 0.669. The molecule has 9 rings (SSSR count). The van der Waals surface area contributed by atoms with Crippen molar-refractivity contribution in [3.05, 3.63) is 176 Å². The standard InChI is InChI=1S/C44H29N3O/c1-4-13-30(14-5-1)31-23-26-35(27-24-31)47(34-17-8-3-9-18-34)39-21-12-22-40-42(39)37-28-25-33(29-41(37)48-40)43-36-19-10-11-20-38(36)45-44(46-43)32-15-6-2-7-16-32/h1-29H. The lowest BCUT2D eigenvalue weighted by Gasteiger charge is -2.26. The van der Waals surface area contributed by atoms with Crippen LogP contribution in [0.15, 0.2) is 180 Å². The van der Waals surface area contributed by atoms with E-state index in [4.69, 9.17) is 14.4 Å². The minimum Gasteiger partial charge on any atom is -0.456 e. The van der Waals surface area contributed by atoms with Crippen LogP contribution in [-0.2, 0) is 0 Å². The van der Waals surface area contributed by atoms with Crippen LogP contribution >= 0.6 is 0 Å². The molecule has 2 heterocycles. The molecule has 9 aromatic rings. The average Bonchev–Trinajstić information content (AvgIpc) is 3.55. The van der Waals surface area contributed by atoms with Gasteiger partial charge in [0.1, 0.15) is 11.2 Å². The number of aromatic nitrogens is 2. The molecule has 2 aromatic heterocycles. The summed E-state index contributed by atoms with van der Waals surface area (Å²) >= 11 is 0. The number of benzene rings is 7. The topological polar surface area (TPSA) is 42.2 Å². The van der Waals surface area contributed by atoms with Gasteiger partial charge in [0, 0.05) is 33.3 Å². The minimum atomic E-state index is 0.702. The first kappa shape index (κ1) is 27.8. The molecular formula is C44H29N3O. The van der Waals surface area contributed by atoms with Gasteiger partial charge in [-0.25, -0.2) is 9.97 Å². The van der Waals surface area contributed by atoms with E-state index in [9.17, 15) is 0 Å². The number of furan rings is 1. The predicted octanol–water partition coefficient (Wildman–Crippen LogP) is 12.0. The molecule has 0 saturated heterocycles. The lowest BCUT2D eigenvalue weighted by atomic mass is 10.0. The molecule has 0 saturated carbocycles. The molecule has 0 unspecified atom stereocenters. The Balaban J connectivity index is 1.20. The van der Waals surface area contributed by atoms with Gasteiger partial charge in [0.05, 0.1) is 22.3 Å². The summed E-state index contributed by atoms with van der Waals surface area (Å²) in [6, 6.07) is 60.8. The largest absolute Gasteiger partial charge is 0.456 e. The van der Waals surface area contributed by atoms with E-state index in [1.165, 1.54) is 11.1 Å². The fourth-order valence-electron chi connectivity index (χ4n) is 6.59. The summed E-state index contributed by atoms with van der Waals surface area (Å²) in [5.41, 5.74) is 11.0. The van der Waals surface area contributed by atoms with Crippen molar-refractivity contribution in [2.45, 2.75) is 0 Å². The first-order chi connectivity index (χ1) is 23.8. The summed E-state index contributed by atoms with van der Waals surface area (Å²) in [6.45, 7) is 0. The van der Waals surface area contributed by atoms with Gasteiger partial charge in [-0.05, 0) is 65.7 Å². The molecule has 0 spiro atoms. The van der Waals surface area contributed by atoms with Gasteiger partial charge in [-0.15, -0.1) is 0 Å². The molecule has 7 aromatic carbocycles. The first-order valence-electron chi connectivity index (χ1n) is 16.1. The van der Waals surface area contributed by atoms with Gasteiger partial charge in [0.2, 0.25) is 0 Å². The van der Waals surface area contributed by atoms with Crippen LogP contribution in [0.1, 0.15) is 0 Å². The Hall–Kier alpha value is -6.52. The van der Waals surface area contributed by atoms with Crippen LogP contribution in [-0.4, -0.2) is 9.97 Å². The van der Waals surface area contributed by atoms with Crippen molar-refractivity contribution in [1.29, 1.82) is 0 Å². The zero-order valence-corrected chi connectivity index (χ0v) is 26.0. The molecule has 48 heavy (non-hydrogen) atoms. The second-order valence-electron chi connectivity index (χ2n) is 11.8. The molecule has 0 bridgehead atoms. The summed E-state index contributed by atoms with van der Waals surface area (Å²) < 4.78 is 6.61. The molecular weight excluding hydrogens is 587 g/mol. The minimum absolute atomic E-state index is 0.702. The highest BCUT2D eigenvalue weighted by Gasteiger charge is 2.20. The summed E-state index contributed by atoms with van der Waals surface area (Å²) in [5.74, 6) is 0.702. The Labute approximate surface area is 278 Å². The van der Waals surface area contributed by atoms with Crippen molar-refractivity contribution in [2.75, 3.05) is 4.90 Å². The summed E-state index contributed by atoms with van der Waals surface area (Å²) in [7, 11) is 0. The van der Waals surface area contributed by atoms with E-state index in [1.807, 2.05) is 60.7 Å². The van der Waals surface area contributed by atoms with Gasteiger partial charge >= 0.3 is 0 Å². The molecule has 0 atom stereocenters. The molecule has 0 aliphatic heterocycles. The summed E-state index contributed by atoms with van der Waals surface area (Å²) in [4.78, 5) is 12.3. The number of nitrogens with zero attached hydrogens (tertiary/aromatic N) is 3. The highest BCUT2D eigenvalue weighted by molar-refractivity contribution is 6.14. The third kappa shape index (κ3) is 4.88. The number of fused-ring (bicyclic) bond motifs is 4. The maximum Gasteiger partial charge on any atom is 0.160 e. The van der Waals surface area contributed by atoms with E-state index in [-0.39, 0.29) is 0 Å². The Morgan fingerprint density at radius 2 is 1.04 bits per heavy atom. The van der Waals surface area contributed by atoms with Crippen LogP contribution < -0.4 is 4.90 Å². The van der Waals surface area contributed by atoms with Crippen LogP contribution in [0.25, 0.3) is 66.6 Å². The zero-order valence-electron chi connectivity index (χ0n) is 26.0. The van der Waals surface area contributed by atoms with E-state index in [1.54, 1.807) is 0 Å². The van der Waals surface area contributed by atoms with E-state index in [0.717, 1.165) is 66.7 Å². The lowest BCUT2D eigenvalue weighted by Crippen LogP contribution is -2.10. The molecule has 0 aliphatic rings. The Bertz CT molecular complexity index is 2540.